The summed E-state index contributed by atoms with van der Waals surface area (Å²) < 4.78 is 10.3. The third-order valence-corrected chi connectivity index (χ3v) is 2.45. The summed E-state index contributed by atoms with van der Waals surface area (Å²) in [5.41, 5.74) is 6.06. The molecule has 0 atom stereocenters. The maximum atomic E-state index is 11.5. The highest BCUT2D eigenvalue weighted by Crippen LogP contribution is 2.19. The van der Waals surface area contributed by atoms with Gasteiger partial charge in [-0.05, 0) is 6.07 Å². The van der Waals surface area contributed by atoms with E-state index >= 15 is 0 Å². The zero-order valence-electron chi connectivity index (χ0n) is 10.7. The molecule has 0 amide bonds. The third-order valence-electron chi connectivity index (χ3n) is 2.45. The Balaban J connectivity index is 2.45. The maximum Gasteiger partial charge on any atom is 0.377 e. The van der Waals surface area contributed by atoms with Crippen molar-refractivity contribution in [3.05, 3.63) is 30.0 Å². The van der Waals surface area contributed by atoms with E-state index in [0.29, 0.717) is 0 Å². The maximum absolute atomic E-state index is 11.5. The molecular formula is C11H11N5O4. The normalized spacial score (nSPS) is 10.1. The molecule has 2 aromatic rings. The summed E-state index contributed by atoms with van der Waals surface area (Å²) >= 11 is 0. The number of carbonyl (C=O) groups excluding carboxylic acids is 2. The summed E-state index contributed by atoms with van der Waals surface area (Å²) in [4.78, 5) is 30.6. The van der Waals surface area contributed by atoms with Crippen molar-refractivity contribution in [3.63, 3.8) is 0 Å². The van der Waals surface area contributed by atoms with Gasteiger partial charge in [0.1, 0.15) is 6.33 Å². The first-order valence-electron chi connectivity index (χ1n) is 5.41. The molecule has 2 heterocycles. The lowest BCUT2D eigenvalue weighted by Gasteiger charge is -2.07. The molecule has 0 aliphatic heterocycles. The summed E-state index contributed by atoms with van der Waals surface area (Å²) in [5.74, 6) is -1.27. The van der Waals surface area contributed by atoms with E-state index in [1.807, 2.05) is 0 Å². The summed E-state index contributed by atoms with van der Waals surface area (Å²) in [7, 11) is 2.46. The second kappa shape index (κ2) is 5.34. The SMILES string of the molecule is COC(=O)c1ncn(-c2nccc(C(=O)OC)c2N)n1. The number of nitrogens with zero attached hydrogens (tertiary/aromatic N) is 4. The Morgan fingerprint density at radius 3 is 2.55 bits per heavy atom. The van der Waals surface area contributed by atoms with E-state index in [4.69, 9.17) is 5.73 Å². The second-order valence-corrected chi connectivity index (χ2v) is 3.59. The molecule has 2 N–H and O–H groups in total. The van der Waals surface area contributed by atoms with Crippen LogP contribution in [0, 0.1) is 0 Å². The number of carbonyl (C=O) groups is 2. The van der Waals surface area contributed by atoms with Gasteiger partial charge in [-0.15, -0.1) is 5.10 Å². The molecule has 0 saturated carbocycles. The van der Waals surface area contributed by atoms with Crippen LogP contribution in [0.5, 0.6) is 0 Å². The highest BCUT2D eigenvalue weighted by Gasteiger charge is 2.18. The molecule has 0 saturated heterocycles. The number of nitrogen functional groups attached to an aromatic ring is 1. The molecule has 2 aromatic heterocycles. The van der Waals surface area contributed by atoms with Crippen LogP contribution in [0.2, 0.25) is 0 Å². The Labute approximate surface area is 113 Å². The first kappa shape index (κ1) is 13.5. The van der Waals surface area contributed by atoms with E-state index in [0.717, 1.165) is 0 Å². The highest BCUT2D eigenvalue weighted by molar-refractivity contribution is 5.96. The molecule has 9 nitrogen and oxygen atoms in total. The van der Waals surface area contributed by atoms with Gasteiger partial charge in [0, 0.05) is 6.20 Å². The van der Waals surface area contributed by atoms with Gasteiger partial charge in [-0.1, -0.05) is 0 Å². The van der Waals surface area contributed by atoms with Crippen LogP contribution in [-0.4, -0.2) is 45.9 Å². The average molecular weight is 277 g/mol. The number of methoxy groups -OCH3 is 2. The summed E-state index contributed by atoms with van der Waals surface area (Å²) in [6, 6.07) is 1.42. The van der Waals surface area contributed by atoms with E-state index in [9.17, 15) is 9.59 Å². The number of hydrogen-bond donors (Lipinski definition) is 1. The fraction of sp³-hybridized carbons (Fsp3) is 0.182. The Morgan fingerprint density at radius 1 is 1.20 bits per heavy atom. The number of aromatic nitrogens is 4. The van der Waals surface area contributed by atoms with Crippen molar-refractivity contribution in [3.8, 4) is 5.82 Å². The highest BCUT2D eigenvalue weighted by atomic mass is 16.5. The minimum atomic E-state index is -0.688. The Kier molecular flexibility index (Phi) is 3.60. The number of ether oxygens (including phenoxy) is 2. The first-order chi connectivity index (χ1) is 9.58. The zero-order valence-corrected chi connectivity index (χ0v) is 10.7. The fourth-order valence-electron chi connectivity index (χ4n) is 1.48. The number of rotatable bonds is 3. The van der Waals surface area contributed by atoms with Gasteiger partial charge in [-0.3, -0.25) is 0 Å². The fourth-order valence-corrected chi connectivity index (χ4v) is 1.48. The molecule has 20 heavy (non-hydrogen) atoms. The molecule has 0 bridgehead atoms. The number of anilines is 1. The number of nitrogens with two attached hydrogens (primary N) is 1. The summed E-state index contributed by atoms with van der Waals surface area (Å²) in [5, 5.41) is 3.87. The van der Waals surface area contributed by atoms with Crippen molar-refractivity contribution >= 4 is 17.6 Å². The predicted octanol–water partition coefficient (Wildman–Crippen LogP) is -0.182. The van der Waals surface area contributed by atoms with E-state index in [2.05, 4.69) is 24.5 Å². The van der Waals surface area contributed by atoms with Crippen LogP contribution in [0.4, 0.5) is 5.69 Å². The van der Waals surface area contributed by atoms with E-state index < -0.39 is 11.9 Å². The monoisotopic (exact) mass is 277 g/mol. The predicted molar refractivity (Wildman–Crippen MR) is 66.2 cm³/mol. The largest absolute Gasteiger partial charge is 0.465 e. The smallest absolute Gasteiger partial charge is 0.377 e. The van der Waals surface area contributed by atoms with Crippen LogP contribution in [-0.2, 0) is 9.47 Å². The molecule has 0 unspecified atom stereocenters. The van der Waals surface area contributed by atoms with Gasteiger partial charge in [-0.2, -0.15) is 4.68 Å². The second-order valence-electron chi connectivity index (χ2n) is 3.59. The number of hydrogen-bond acceptors (Lipinski definition) is 8. The first-order valence-corrected chi connectivity index (χ1v) is 5.41. The third kappa shape index (κ3) is 2.28. The topological polar surface area (TPSA) is 122 Å². The van der Waals surface area contributed by atoms with Crippen molar-refractivity contribution in [1.82, 2.24) is 19.7 Å². The standard InChI is InChI=1S/C11H11N5O4/c1-19-10(17)6-3-4-13-9(7(6)12)16-5-14-8(15-16)11(18)20-2/h3-5H,12H2,1-2H3. The number of pyridine rings is 1. The lowest BCUT2D eigenvalue weighted by molar-refractivity contribution is 0.0582. The van der Waals surface area contributed by atoms with Crippen molar-refractivity contribution in [2.75, 3.05) is 20.0 Å². The van der Waals surface area contributed by atoms with Crippen molar-refractivity contribution in [2.45, 2.75) is 0 Å². The number of esters is 2. The molecule has 0 aliphatic rings. The minimum absolute atomic E-state index is 0.0701. The average Bonchev–Trinajstić information content (AvgIpc) is 2.95. The summed E-state index contributed by atoms with van der Waals surface area (Å²) in [6.45, 7) is 0. The molecule has 0 fully saturated rings. The molecule has 0 aromatic carbocycles. The van der Waals surface area contributed by atoms with Crippen molar-refractivity contribution in [1.29, 1.82) is 0 Å². The Hall–Kier alpha value is -2.97. The van der Waals surface area contributed by atoms with Crippen LogP contribution in [0.25, 0.3) is 5.82 Å². The minimum Gasteiger partial charge on any atom is -0.465 e. The van der Waals surface area contributed by atoms with E-state index in [1.54, 1.807) is 0 Å². The van der Waals surface area contributed by atoms with Crippen LogP contribution >= 0.6 is 0 Å². The van der Waals surface area contributed by atoms with Crippen LogP contribution in [0.15, 0.2) is 18.6 Å². The van der Waals surface area contributed by atoms with Gasteiger partial charge in [0.2, 0.25) is 0 Å². The molecule has 0 spiro atoms. The van der Waals surface area contributed by atoms with Crippen LogP contribution in [0.1, 0.15) is 21.0 Å². The molecule has 0 radical (unpaired) electrons. The Morgan fingerprint density at radius 2 is 1.90 bits per heavy atom. The van der Waals surface area contributed by atoms with Crippen LogP contribution < -0.4 is 5.73 Å². The molecular weight excluding hydrogens is 266 g/mol. The Bertz CT molecular complexity index is 667. The zero-order chi connectivity index (χ0) is 14.7. The van der Waals surface area contributed by atoms with E-state index in [-0.39, 0.29) is 22.9 Å². The lowest BCUT2D eigenvalue weighted by Crippen LogP contribution is -2.11. The van der Waals surface area contributed by atoms with Gasteiger partial charge >= 0.3 is 11.9 Å². The van der Waals surface area contributed by atoms with Gasteiger partial charge < -0.3 is 15.2 Å². The van der Waals surface area contributed by atoms with Gasteiger partial charge in [0.05, 0.1) is 25.5 Å². The van der Waals surface area contributed by atoms with Crippen molar-refractivity contribution < 1.29 is 19.1 Å². The molecule has 0 aliphatic carbocycles. The van der Waals surface area contributed by atoms with E-state index in [1.165, 1.54) is 37.5 Å². The van der Waals surface area contributed by atoms with Gasteiger partial charge in [-0.25, -0.2) is 19.6 Å². The summed E-state index contributed by atoms with van der Waals surface area (Å²) in [6.07, 6.45) is 2.61. The van der Waals surface area contributed by atoms with Crippen LogP contribution in [0.3, 0.4) is 0 Å². The van der Waals surface area contributed by atoms with Crippen molar-refractivity contribution in [2.24, 2.45) is 0 Å². The molecule has 2 rings (SSSR count). The molecule has 104 valence electrons. The molecule has 9 heteroatoms. The van der Waals surface area contributed by atoms with Gasteiger partial charge in [0.25, 0.3) is 5.82 Å². The van der Waals surface area contributed by atoms with Gasteiger partial charge in [0.15, 0.2) is 5.82 Å². The lowest BCUT2D eigenvalue weighted by atomic mass is 10.2. The quantitative estimate of drug-likeness (QED) is 0.766.